The fourth-order valence-electron chi connectivity index (χ4n) is 3.52. The highest BCUT2D eigenvalue weighted by molar-refractivity contribution is 6.34. The average Bonchev–Trinajstić information content (AvgIpc) is 3.08. The number of hydrogen-bond acceptors (Lipinski definition) is 6. The van der Waals surface area contributed by atoms with Gasteiger partial charge in [0.1, 0.15) is 5.75 Å². The molecule has 3 aromatic rings. The molecule has 1 N–H and O–H groups in total. The number of fused-ring (bicyclic) bond motifs is 1. The van der Waals surface area contributed by atoms with E-state index in [-0.39, 0.29) is 11.3 Å². The fraction of sp³-hybridized carbons (Fsp3) is 0.120. The first-order valence-electron chi connectivity index (χ1n) is 10.1. The molecular weight excluding hydrogens is 424 g/mol. The van der Waals surface area contributed by atoms with E-state index >= 15 is 0 Å². The topological polar surface area (TPSA) is 102 Å². The van der Waals surface area contributed by atoms with Crippen molar-refractivity contribution < 1.29 is 28.7 Å². The van der Waals surface area contributed by atoms with Crippen LogP contribution in [0.3, 0.4) is 0 Å². The molecular formula is C25H20N2O6. The first kappa shape index (κ1) is 21.8. The Bertz CT molecular complexity index is 1250. The molecule has 0 atom stereocenters. The van der Waals surface area contributed by atoms with E-state index < -0.39 is 30.3 Å². The van der Waals surface area contributed by atoms with Gasteiger partial charge in [0.05, 0.1) is 35.2 Å². The maximum absolute atomic E-state index is 12.7. The van der Waals surface area contributed by atoms with Crippen molar-refractivity contribution in [2.24, 2.45) is 0 Å². The van der Waals surface area contributed by atoms with Crippen molar-refractivity contribution in [2.75, 3.05) is 23.9 Å². The maximum Gasteiger partial charge on any atom is 0.338 e. The number of rotatable bonds is 6. The van der Waals surface area contributed by atoms with Crippen LogP contribution in [-0.4, -0.2) is 37.4 Å². The summed E-state index contributed by atoms with van der Waals surface area (Å²) >= 11 is 0. The minimum atomic E-state index is -0.764. The molecule has 0 saturated heterocycles. The van der Waals surface area contributed by atoms with Gasteiger partial charge in [-0.1, -0.05) is 24.3 Å². The molecule has 0 spiro atoms. The van der Waals surface area contributed by atoms with Crippen molar-refractivity contribution in [1.82, 2.24) is 0 Å². The highest BCUT2D eigenvalue weighted by Crippen LogP contribution is 2.29. The van der Waals surface area contributed by atoms with Gasteiger partial charge in [-0.2, -0.15) is 0 Å². The number of anilines is 2. The molecule has 8 nitrogen and oxygen atoms in total. The zero-order valence-corrected chi connectivity index (χ0v) is 18.0. The third-order valence-electron chi connectivity index (χ3n) is 5.10. The van der Waals surface area contributed by atoms with Crippen LogP contribution in [0.2, 0.25) is 0 Å². The van der Waals surface area contributed by atoms with Crippen molar-refractivity contribution in [2.45, 2.75) is 6.92 Å². The summed E-state index contributed by atoms with van der Waals surface area (Å²) in [6.45, 7) is 1.35. The Kier molecular flexibility index (Phi) is 5.91. The van der Waals surface area contributed by atoms with Gasteiger partial charge >= 0.3 is 5.97 Å². The van der Waals surface area contributed by atoms with Gasteiger partial charge < -0.3 is 14.8 Å². The lowest BCUT2D eigenvalue weighted by Gasteiger charge is -2.15. The number of carbonyl (C=O) groups excluding carboxylic acids is 4. The third kappa shape index (κ3) is 4.31. The summed E-state index contributed by atoms with van der Waals surface area (Å²) in [5, 5.41) is 2.65. The molecule has 8 heteroatoms. The van der Waals surface area contributed by atoms with Gasteiger partial charge in [0.25, 0.3) is 17.7 Å². The maximum atomic E-state index is 12.7. The molecule has 0 unspecified atom stereocenters. The summed E-state index contributed by atoms with van der Waals surface area (Å²) in [4.78, 5) is 51.2. The van der Waals surface area contributed by atoms with Gasteiger partial charge in [-0.3, -0.25) is 14.4 Å². The van der Waals surface area contributed by atoms with Gasteiger partial charge in [-0.15, -0.1) is 0 Å². The van der Waals surface area contributed by atoms with Crippen molar-refractivity contribution in [3.05, 3.63) is 89.0 Å². The molecule has 166 valence electrons. The van der Waals surface area contributed by atoms with E-state index in [0.717, 1.165) is 10.5 Å². The first-order valence-corrected chi connectivity index (χ1v) is 10.1. The Balaban J connectivity index is 1.44. The largest absolute Gasteiger partial charge is 0.495 e. The highest BCUT2D eigenvalue weighted by atomic mass is 16.5. The van der Waals surface area contributed by atoms with Crippen LogP contribution >= 0.6 is 0 Å². The molecule has 3 aromatic carbocycles. The smallest absolute Gasteiger partial charge is 0.338 e. The van der Waals surface area contributed by atoms with E-state index in [0.29, 0.717) is 22.6 Å². The Morgan fingerprint density at radius 1 is 0.909 bits per heavy atom. The molecule has 0 aliphatic carbocycles. The van der Waals surface area contributed by atoms with Gasteiger partial charge in [-0.05, 0) is 55.0 Å². The summed E-state index contributed by atoms with van der Waals surface area (Å²) in [6, 6.07) is 17.8. The molecule has 0 radical (unpaired) electrons. The van der Waals surface area contributed by atoms with E-state index in [1.54, 1.807) is 42.5 Å². The number of nitrogens with one attached hydrogen (secondary N) is 1. The molecule has 0 aromatic heterocycles. The lowest BCUT2D eigenvalue weighted by Crippen LogP contribution is -2.29. The summed E-state index contributed by atoms with van der Waals surface area (Å²) in [7, 11) is 1.49. The van der Waals surface area contributed by atoms with Crippen LogP contribution in [-0.2, 0) is 9.53 Å². The number of amides is 3. The third-order valence-corrected chi connectivity index (χ3v) is 5.10. The number of nitrogens with zero attached hydrogens (tertiary/aromatic N) is 1. The van der Waals surface area contributed by atoms with Gasteiger partial charge in [-0.25, -0.2) is 9.69 Å². The average molecular weight is 444 g/mol. The number of aryl methyl sites for hydroxylation is 1. The lowest BCUT2D eigenvalue weighted by atomic mass is 10.1. The van der Waals surface area contributed by atoms with Crippen LogP contribution in [0.5, 0.6) is 5.75 Å². The molecule has 0 bridgehead atoms. The zero-order valence-electron chi connectivity index (χ0n) is 18.0. The molecule has 4 rings (SSSR count). The number of hydrogen-bond donors (Lipinski definition) is 1. The molecule has 1 aliphatic rings. The van der Waals surface area contributed by atoms with Crippen molar-refractivity contribution in [1.29, 1.82) is 0 Å². The van der Waals surface area contributed by atoms with Crippen LogP contribution in [0, 0.1) is 6.92 Å². The molecule has 0 fully saturated rings. The van der Waals surface area contributed by atoms with Gasteiger partial charge in [0.2, 0.25) is 0 Å². The second-order valence-corrected chi connectivity index (χ2v) is 7.37. The summed E-state index contributed by atoms with van der Waals surface area (Å²) in [5.41, 5.74) is 2.34. The predicted molar refractivity (Wildman–Crippen MR) is 121 cm³/mol. The minimum absolute atomic E-state index is 0.102. The number of benzene rings is 3. The molecule has 33 heavy (non-hydrogen) atoms. The monoisotopic (exact) mass is 444 g/mol. The zero-order chi connectivity index (χ0) is 23.5. The van der Waals surface area contributed by atoms with Gasteiger partial charge in [0.15, 0.2) is 6.61 Å². The van der Waals surface area contributed by atoms with Gasteiger partial charge in [0, 0.05) is 0 Å². The van der Waals surface area contributed by atoms with Crippen LogP contribution in [0.25, 0.3) is 0 Å². The fourth-order valence-corrected chi connectivity index (χ4v) is 3.52. The molecule has 3 amide bonds. The Labute approximate surface area is 189 Å². The SMILES string of the molecule is COc1ccc(C)cc1NC(=O)COC(=O)c1cccc(N2C(=O)c3ccccc3C2=O)c1. The number of imide groups is 1. The summed E-state index contributed by atoms with van der Waals surface area (Å²) < 4.78 is 10.3. The van der Waals surface area contributed by atoms with E-state index in [9.17, 15) is 19.2 Å². The number of ether oxygens (including phenoxy) is 2. The minimum Gasteiger partial charge on any atom is -0.495 e. The van der Waals surface area contributed by atoms with Crippen molar-refractivity contribution >= 4 is 35.1 Å². The van der Waals surface area contributed by atoms with Crippen LogP contribution in [0.15, 0.2) is 66.7 Å². The van der Waals surface area contributed by atoms with E-state index in [1.165, 1.54) is 25.3 Å². The Hall–Kier alpha value is -4.46. The lowest BCUT2D eigenvalue weighted by molar-refractivity contribution is -0.119. The van der Waals surface area contributed by atoms with Crippen molar-refractivity contribution in [3.8, 4) is 5.75 Å². The number of carbonyl (C=O) groups is 4. The Morgan fingerprint density at radius 2 is 1.61 bits per heavy atom. The highest BCUT2D eigenvalue weighted by Gasteiger charge is 2.36. The van der Waals surface area contributed by atoms with Crippen LogP contribution < -0.4 is 15.0 Å². The first-order chi connectivity index (χ1) is 15.9. The quantitative estimate of drug-likeness (QED) is 0.460. The van der Waals surface area contributed by atoms with Crippen LogP contribution in [0.4, 0.5) is 11.4 Å². The summed E-state index contributed by atoms with van der Waals surface area (Å²) in [5.74, 6) is -1.75. The number of methoxy groups -OCH3 is 1. The number of esters is 1. The molecule has 1 heterocycles. The standard InChI is InChI=1S/C25H20N2O6/c1-15-10-11-21(32-2)20(12-15)26-22(28)14-33-25(31)16-6-5-7-17(13-16)27-23(29)18-8-3-4-9-19(18)24(27)30/h3-13H,14H2,1-2H3,(H,26,28). The predicted octanol–water partition coefficient (Wildman–Crippen LogP) is 3.60. The normalized spacial score (nSPS) is 12.4. The molecule has 0 saturated carbocycles. The second kappa shape index (κ2) is 8.96. The summed E-state index contributed by atoms with van der Waals surface area (Å²) in [6.07, 6.45) is 0. The Morgan fingerprint density at radius 3 is 2.27 bits per heavy atom. The second-order valence-electron chi connectivity index (χ2n) is 7.37. The van der Waals surface area contributed by atoms with E-state index in [1.807, 2.05) is 13.0 Å². The van der Waals surface area contributed by atoms with E-state index in [2.05, 4.69) is 5.32 Å². The van der Waals surface area contributed by atoms with E-state index in [4.69, 9.17) is 9.47 Å². The van der Waals surface area contributed by atoms with Crippen molar-refractivity contribution in [3.63, 3.8) is 0 Å². The van der Waals surface area contributed by atoms with Crippen LogP contribution in [0.1, 0.15) is 36.6 Å². The molecule has 1 aliphatic heterocycles.